The molecule has 0 saturated carbocycles. The highest BCUT2D eigenvalue weighted by molar-refractivity contribution is 5.34. The van der Waals surface area contributed by atoms with Crippen LogP contribution in [0.3, 0.4) is 0 Å². The monoisotopic (exact) mass is 280 g/mol. The summed E-state index contributed by atoms with van der Waals surface area (Å²) in [5.41, 5.74) is 7.00. The maximum Gasteiger partial charge on any atom is 0.0660 e. The van der Waals surface area contributed by atoms with Gasteiger partial charge in [0.05, 0.1) is 5.69 Å². The molecule has 0 spiro atoms. The van der Waals surface area contributed by atoms with E-state index in [2.05, 4.69) is 48.5 Å². The summed E-state index contributed by atoms with van der Waals surface area (Å²) in [6, 6.07) is 10.7. The van der Waals surface area contributed by atoms with Crippen LogP contribution in [-0.2, 0) is 32.2 Å². The summed E-state index contributed by atoms with van der Waals surface area (Å²) in [7, 11) is 0. The average Bonchev–Trinajstić information content (AvgIpc) is 2.85. The van der Waals surface area contributed by atoms with Gasteiger partial charge in [-0.1, -0.05) is 49.4 Å². The zero-order valence-corrected chi connectivity index (χ0v) is 12.9. The summed E-state index contributed by atoms with van der Waals surface area (Å²) in [6.45, 7) is 7.40. The molecule has 1 aromatic heterocycles. The van der Waals surface area contributed by atoms with Crippen molar-refractivity contribution in [3.05, 3.63) is 65.0 Å². The predicted molar refractivity (Wildman–Crippen MR) is 87.5 cm³/mol. The van der Waals surface area contributed by atoms with Gasteiger partial charge in [0.25, 0.3) is 0 Å². The molecule has 0 amide bonds. The smallest absolute Gasteiger partial charge is 0.0660 e. The first-order valence-corrected chi connectivity index (χ1v) is 8.06. The molecule has 0 radical (unpaired) electrons. The molecule has 0 N–H and O–H groups in total. The lowest BCUT2D eigenvalue weighted by atomic mass is 9.91. The van der Waals surface area contributed by atoms with Crippen LogP contribution in [0.25, 0.3) is 0 Å². The second kappa shape index (κ2) is 6.30. The molecule has 110 valence electrons. The minimum Gasteiger partial charge on any atom is -0.269 e. The molecule has 3 rings (SSSR count). The van der Waals surface area contributed by atoms with Crippen molar-refractivity contribution in [3.8, 4) is 0 Å². The summed E-state index contributed by atoms with van der Waals surface area (Å²) in [5, 5.41) is 4.85. The zero-order chi connectivity index (χ0) is 14.7. The van der Waals surface area contributed by atoms with E-state index >= 15 is 0 Å². The Morgan fingerprint density at radius 1 is 1.19 bits per heavy atom. The highest BCUT2D eigenvalue weighted by Gasteiger charge is 2.21. The fourth-order valence-electron chi connectivity index (χ4n) is 3.25. The van der Waals surface area contributed by atoms with Crippen molar-refractivity contribution >= 4 is 0 Å². The molecular weight excluding hydrogens is 256 g/mol. The third kappa shape index (κ3) is 3.10. The molecule has 1 aliphatic carbocycles. The molecule has 0 bridgehead atoms. The van der Waals surface area contributed by atoms with Gasteiger partial charge in [0.2, 0.25) is 0 Å². The lowest BCUT2D eigenvalue weighted by molar-refractivity contribution is 0.544. The molecule has 21 heavy (non-hydrogen) atoms. The lowest BCUT2D eigenvalue weighted by Gasteiger charge is -2.16. The van der Waals surface area contributed by atoms with Gasteiger partial charge in [-0.15, -0.1) is 0 Å². The molecule has 0 unspecified atom stereocenters. The maximum absolute atomic E-state index is 4.85. The van der Waals surface area contributed by atoms with Gasteiger partial charge in [-0.3, -0.25) is 4.68 Å². The van der Waals surface area contributed by atoms with E-state index in [1.807, 2.05) is 0 Å². The first kappa shape index (κ1) is 14.1. The minimum absolute atomic E-state index is 1.03. The first-order chi connectivity index (χ1) is 10.3. The first-order valence-electron chi connectivity index (χ1n) is 8.06. The Bertz CT molecular complexity index is 623. The molecule has 1 aliphatic rings. The van der Waals surface area contributed by atoms with E-state index in [9.17, 15) is 0 Å². The number of hydrogen-bond acceptors (Lipinski definition) is 1. The van der Waals surface area contributed by atoms with Gasteiger partial charge < -0.3 is 0 Å². The number of fused-ring (bicyclic) bond motifs is 1. The number of aromatic nitrogens is 2. The van der Waals surface area contributed by atoms with Crippen molar-refractivity contribution in [1.29, 1.82) is 0 Å². The number of rotatable bonds is 5. The highest BCUT2D eigenvalue weighted by atomic mass is 15.3. The van der Waals surface area contributed by atoms with Crippen LogP contribution in [0.4, 0.5) is 0 Å². The number of allylic oxidation sites excluding steroid dienone is 1. The number of nitrogens with zero attached hydrogens (tertiary/aromatic N) is 2. The Morgan fingerprint density at radius 2 is 2.00 bits per heavy atom. The predicted octanol–water partition coefficient (Wildman–Crippen LogP) is 4.12. The molecule has 2 heteroatoms. The van der Waals surface area contributed by atoms with Crippen molar-refractivity contribution in [2.75, 3.05) is 0 Å². The fourth-order valence-corrected chi connectivity index (χ4v) is 3.25. The number of benzene rings is 1. The van der Waals surface area contributed by atoms with Gasteiger partial charge in [0.15, 0.2) is 0 Å². The fraction of sp³-hybridized carbons (Fsp3) is 0.421. The quantitative estimate of drug-likeness (QED) is 0.753. The SMILES string of the molecule is C=C1CCc2c(c(CC)nn2CCCc2ccccc2)C1. The molecule has 2 aromatic rings. The Hall–Kier alpha value is -1.83. The molecule has 1 aromatic carbocycles. The van der Waals surface area contributed by atoms with Crippen molar-refractivity contribution in [2.24, 2.45) is 0 Å². The van der Waals surface area contributed by atoms with E-state index in [1.165, 1.54) is 28.1 Å². The van der Waals surface area contributed by atoms with Crippen LogP contribution < -0.4 is 0 Å². The Labute approximate surface area is 127 Å². The van der Waals surface area contributed by atoms with Crippen molar-refractivity contribution in [3.63, 3.8) is 0 Å². The molecular formula is C19H24N2. The minimum atomic E-state index is 1.03. The lowest BCUT2D eigenvalue weighted by Crippen LogP contribution is -2.11. The van der Waals surface area contributed by atoms with Gasteiger partial charge in [0.1, 0.15) is 0 Å². The molecule has 0 aliphatic heterocycles. The normalized spacial score (nSPS) is 14.2. The van der Waals surface area contributed by atoms with Crippen LogP contribution in [0.2, 0.25) is 0 Å². The van der Waals surface area contributed by atoms with Crippen molar-refractivity contribution < 1.29 is 0 Å². The van der Waals surface area contributed by atoms with E-state index in [0.717, 1.165) is 45.1 Å². The standard InChI is InChI=1S/C19H24N2/c1-3-18-17-14-15(2)11-12-19(17)21(20-18)13-7-10-16-8-5-4-6-9-16/h4-6,8-9H,2-3,7,10-14H2,1H3. The third-order valence-electron chi connectivity index (χ3n) is 4.40. The Kier molecular flexibility index (Phi) is 4.23. The highest BCUT2D eigenvalue weighted by Crippen LogP contribution is 2.27. The molecule has 0 atom stereocenters. The van der Waals surface area contributed by atoms with Gasteiger partial charge in [-0.05, 0) is 44.1 Å². The molecule has 1 heterocycles. The van der Waals surface area contributed by atoms with E-state index in [0.29, 0.717) is 0 Å². The van der Waals surface area contributed by atoms with Crippen LogP contribution in [0.15, 0.2) is 42.5 Å². The third-order valence-corrected chi connectivity index (χ3v) is 4.40. The van der Waals surface area contributed by atoms with E-state index in [1.54, 1.807) is 0 Å². The van der Waals surface area contributed by atoms with Crippen LogP contribution in [-0.4, -0.2) is 9.78 Å². The largest absolute Gasteiger partial charge is 0.269 e. The van der Waals surface area contributed by atoms with Crippen molar-refractivity contribution in [2.45, 2.75) is 52.0 Å². The molecule has 0 fully saturated rings. The maximum atomic E-state index is 4.85. The van der Waals surface area contributed by atoms with Crippen LogP contribution in [0, 0.1) is 0 Å². The zero-order valence-electron chi connectivity index (χ0n) is 12.9. The average molecular weight is 280 g/mol. The van der Waals surface area contributed by atoms with Gasteiger partial charge in [0, 0.05) is 17.8 Å². The molecule has 2 nitrogen and oxygen atoms in total. The van der Waals surface area contributed by atoms with Crippen molar-refractivity contribution in [1.82, 2.24) is 9.78 Å². The van der Waals surface area contributed by atoms with E-state index < -0.39 is 0 Å². The van der Waals surface area contributed by atoms with Crippen LogP contribution >= 0.6 is 0 Å². The van der Waals surface area contributed by atoms with Crippen LogP contribution in [0.5, 0.6) is 0 Å². The van der Waals surface area contributed by atoms with Crippen LogP contribution in [0.1, 0.15) is 42.3 Å². The second-order valence-corrected chi connectivity index (χ2v) is 5.96. The summed E-state index contributed by atoms with van der Waals surface area (Å²) in [4.78, 5) is 0. The summed E-state index contributed by atoms with van der Waals surface area (Å²) in [6.07, 6.45) is 6.59. The second-order valence-electron chi connectivity index (χ2n) is 5.96. The van der Waals surface area contributed by atoms with Gasteiger partial charge in [-0.2, -0.15) is 5.10 Å². The van der Waals surface area contributed by atoms with E-state index in [-0.39, 0.29) is 0 Å². The number of hydrogen-bond donors (Lipinski definition) is 0. The summed E-state index contributed by atoms with van der Waals surface area (Å²) >= 11 is 0. The Morgan fingerprint density at radius 3 is 2.76 bits per heavy atom. The molecule has 0 saturated heterocycles. The Balaban J connectivity index is 1.70. The summed E-state index contributed by atoms with van der Waals surface area (Å²) in [5.74, 6) is 0. The van der Waals surface area contributed by atoms with Gasteiger partial charge >= 0.3 is 0 Å². The van der Waals surface area contributed by atoms with E-state index in [4.69, 9.17) is 5.10 Å². The summed E-state index contributed by atoms with van der Waals surface area (Å²) < 4.78 is 2.27. The van der Waals surface area contributed by atoms with Gasteiger partial charge in [-0.25, -0.2) is 0 Å². The topological polar surface area (TPSA) is 17.8 Å². The number of aryl methyl sites for hydroxylation is 3.